The molecule has 0 bridgehead atoms. The molecule has 5 rings (SSSR count). The van der Waals surface area contributed by atoms with Crippen molar-refractivity contribution in [2.45, 2.75) is 31.9 Å². The number of carbonyl (C=O) groups is 3. The van der Waals surface area contributed by atoms with Gasteiger partial charge in [0.25, 0.3) is 11.8 Å². The standard InChI is InChI=1S/C23H23N5O4/c1-15-4-3-9-28-13-17(24-19(15)28)14-32-18-6-2-5-16(12-18)20(29)27-10-7-23(8-11-27)21(30)25-22(31)26-23/h2-6,9,12-13H,7-8,10-11,14H2,1H3,(H2,25,26,30,31). The van der Waals surface area contributed by atoms with E-state index in [2.05, 4.69) is 15.6 Å². The molecule has 0 saturated carbocycles. The fourth-order valence-electron chi connectivity index (χ4n) is 4.30. The van der Waals surface area contributed by atoms with Crippen molar-refractivity contribution >= 4 is 23.5 Å². The van der Waals surface area contributed by atoms with Gasteiger partial charge in [0.2, 0.25) is 0 Å². The molecule has 0 unspecified atom stereocenters. The van der Waals surface area contributed by atoms with E-state index in [1.807, 2.05) is 35.9 Å². The number of aromatic nitrogens is 2. The molecule has 2 aromatic heterocycles. The SMILES string of the molecule is Cc1cccn2cc(COc3cccc(C(=O)N4CCC5(CC4)NC(=O)NC5=O)c3)nc12. The summed E-state index contributed by atoms with van der Waals surface area (Å²) < 4.78 is 7.86. The van der Waals surface area contributed by atoms with Crippen LogP contribution in [0.2, 0.25) is 0 Å². The van der Waals surface area contributed by atoms with Gasteiger partial charge in [-0.1, -0.05) is 12.1 Å². The molecule has 2 aliphatic rings. The van der Waals surface area contributed by atoms with E-state index in [9.17, 15) is 14.4 Å². The maximum atomic E-state index is 13.0. The average molecular weight is 433 g/mol. The van der Waals surface area contributed by atoms with Crippen molar-refractivity contribution < 1.29 is 19.1 Å². The van der Waals surface area contributed by atoms with Crippen molar-refractivity contribution in [2.75, 3.05) is 13.1 Å². The van der Waals surface area contributed by atoms with E-state index in [1.54, 1.807) is 29.2 Å². The zero-order chi connectivity index (χ0) is 22.3. The highest BCUT2D eigenvalue weighted by Gasteiger charge is 2.48. The summed E-state index contributed by atoms with van der Waals surface area (Å²) in [4.78, 5) is 42.9. The number of ether oxygens (including phenoxy) is 1. The molecule has 2 aliphatic heterocycles. The summed E-state index contributed by atoms with van der Waals surface area (Å²) in [6.07, 6.45) is 4.65. The predicted octanol–water partition coefficient (Wildman–Crippen LogP) is 2.04. The summed E-state index contributed by atoms with van der Waals surface area (Å²) in [6.45, 7) is 3.08. The summed E-state index contributed by atoms with van der Waals surface area (Å²) in [5.74, 6) is 0.145. The lowest BCUT2D eigenvalue weighted by atomic mass is 9.87. The molecule has 9 heteroatoms. The molecular formula is C23H23N5O4. The number of aryl methyl sites for hydroxylation is 1. The van der Waals surface area contributed by atoms with E-state index in [4.69, 9.17) is 4.74 Å². The van der Waals surface area contributed by atoms with Crippen molar-refractivity contribution in [3.63, 3.8) is 0 Å². The maximum absolute atomic E-state index is 13.0. The Bertz CT molecular complexity index is 1230. The Morgan fingerprint density at radius 1 is 1.19 bits per heavy atom. The first-order chi connectivity index (χ1) is 15.4. The van der Waals surface area contributed by atoms with Crippen LogP contribution in [0.15, 0.2) is 48.8 Å². The molecule has 4 amide bonds. The Balaban J connectivity index is 1.24. The molecule has 32 heavy (non-hydrogen) atoms. The highest BCUT2D eigenvalue weighted by Crippen LogP contribution is 2.27. The van der Waals surface area contributed by atoms with Gasteiger partial charge in [0, 0.05) is 31.0 Å². The number of rotatable bonds is 4. The van der Waals surface area contributed by atoms with Gasteiger partial charge in [0.15, 0.2) is 0 Å². The van der Waals surface area contributed by atoms with Gasteiger partial charge in [-0.25, -0.2) is 9.78 Å². The average Bonchev–Trinajstić information content (AvgIpc) is 3.33. The molecule has 0 radical (unpaired) electrons. The summed E-state index contributed by atoms with van der Waals surface area (Å²) in [7, 11) is 0. The first-order valence-corrected chi connectivity index (χ1v) is 10.5. The van der Waals surface area contributed by atoms with Crippen LogP contribution in [0.3, 0.4) is 0 Å². The Morgan fingerprint density at radius 3 is 2.72 bits per heavy atom. The van der Waals surface area contributed by atoms with Gasteiger partial charge in [-0.3, -0.25) is 14.9 Å². The number of imide groups is 1. The van der Waals surface area contributed by atoms with Crippen LogP contribution in [-0.2, 0) is 11.4 Å². The summed E-state index contributed by atoms with van der Waals surface area (Å²) in [6, 6.07) is 10.6. The van der Waals surface area contributed by atoms with E-state index < -0.39 is 11.6 Å². The van der Waals surface area contributed by atoms with Crippen LogP contribution in [-0.4, -0.2) is 50.8 Å². The van der Waals surface area contributed by atoms with Crippen LogP contribution >= 0.6 is 0 Å². The second kappa shape index (κ2) is 7.67. The third-order valence-electron chi connectivity index (χ3n) is 6.11. The number of nitrogens with zero attached hydrogens (tertiary/aromatic N) is 3. The summed E-state index contributed by atoms with van der Waals surface area (Å²) in [5, 5.41) is 4.99. The first kappa shape index (κ1) is 20.0. The zero-order valence-electron chi connectivity index (χ0n) is 17.6. The van der Waals surface area contributed by atoms with Crippen molar-refractivity contribution in [3.05, 3.63) is 65.6 Å². The number of nitrogens with one attached hydrogen (secondary N) is 2. The molecule has 2 fully saturated rings. The van der Waals surface area contributed by atoms with E-state index in [1.165, 1.54) is 0 Å². The predicted molar refractivity (Wildman–Crippen MR) is 115 cm³/mol. The monoisotopic (exact) mass is 433 g/mol. The van der Waals surface area contributed by atoms with Gasteiger partial charge in [-0.2, -0.15) is 0 Å². The lowest BCUT2D eigenvalue weighted by Crippen LogP contribution is -2.55. The van der Waals surface area contributed by atoms with Crippen LogP contribution < -0.4 is 15.4 Å². The quantitative estimate of drug-likeness (QED) is 0.613. The van der Waals surface area contributed by atoms with Gasteiger partial charge < -0.3 is 19.4 Å². The van der Waals surface area contributed by atoms with Crippen LogP contribution in [0, 0.1) is 6.92 Å². The molecule has 2 saturated heterocycles. The van der Waals surface area contributed by atoms with Crippen molar-refractivity contribution in [1.29, 1.82) is 0 Å². The number of benzene rings is 1. The Hall–Kier alpha value is -3.88. The number of urea groups is 1. The largest absolute Gasteiger partial charge is 0.487 e. The van der Waals surface area contributed by atoms with Crippen LogP contribution in [0.25, 0.3) is 5.65 Å². The maximum Gasteiger partial charge on any atom is 0.322 e. The van der Waals surface area contributed by atoms with Crippen LogP contribution in [0.4, 0.5) is 4.79 Å². The topological polar surface area (TPSA) is 105 Å². The lowest BCUT2D eigenvalue weighted by molar-refractivity contribution is -0.125. The number of amides is 4. The number of likely N-dealkylation sites (tertiary alicyclic amines) is 1. The second-order valence-corrected chi connectivity index (χ2v) is 8.25. The molecular weight excluding hydrogens is 410 g/mol. The normalized spacial score (nSPS) is 17.5. The molecule has 0 aliphatic carbocycles. The Kier molecular flexibility index (Phi) is 4.80. The minimum atomic E-state index is -0.898. The van der Waals surface area contributed by atoms with E-state index in [-0.39, 0.29) is 11.8 Å². The van der Waals surface area contributed by atoms with Gasteiger partial charge in [-0.05, 0) is 49.6 Å². The fourth-order valence-corrected chi connectivity index (χ4v) is 4.30. The minimum Gasteiger partial charge on any atom is -0.487 e. The van der Waals surface area contributed by atoms with Crippen molar-refractivity contribution in [1.82, 2.24) is 24.9 Å². The Labute approximate surface area is 184 Å². The molecule has 1 spiro atoms. The Morgan fingerprint density at radius 2 is 2.00 bits per heavy atom. The molecule has 1 aromatic carbocycles. The number of hydrogen-bond donors (Lipinski definition) is 2. The third-order valence-corrected chi connectivity index (χ3v) is 6.11. The van der Waals surface area contributed by atoms with Gasteiger partial charge in [0.1, 0.15) is 23.5 Å². The van der Waals surface area contributed by atoms with Gasteiger partial charge in [0.05, 0.1) is 5.69 Å². The number of carbonyl (C=O) groups excluding carboxylic acids is 3. The van der Waals surface area contributed by atoms with Crippen molar-refractivity contribution in [3.8, 4) is 5.75 Å². The lowest BCUT2D eigenvalue weighted by Gasteiger charge is -2.37. The van der Waals surface area contributed by atoms with Crippen LogP contribution in [0.5, 0.6) is 5.75 Å². The van der Waals surface area contributed by atoms with Gasteiger partial charge >= 0.3 is 6.03 Å². The number of fused-ring (bicyclic) bond motifs is 1. The zero-order valence-corrected chi connectivity index (χ0v) is 17.6. The molecule has 3 aromatic rings. The molecule has 9 nitrogen and oxygen atoms in total. The minimum absolute atomic E-state index is 0.126. The van der Waals surface area contributed by atoms with E-state index in [0.717, 1.165) is 16.9 Å². The molecule has 4 heterocycles. The van der Waals surface area contributed by atoms with E-state index >= 15 is 0 Å². The third kappa shape index (κ3) is 3.55. The second-order valence-electron chi connectivity index (χ2n) is 8.25. The molecule has 164 valence electrons. The smallest absolute Gasteiger partial charge is 0.322 e. The number of imidazole rings is 1. The van der Waals surface area contributed by atoms with Gasteiger partial charge in [-0.15, -0.1) is 0 Å². The number of pyridine rings is 1. The molecule has 2 N–H and O–H groups in total. The number of piperidine rings is 1. The fraction of sp³-hybridized carbons (Fsp3) is 0.304. The van der Waals surface area contributed by atoms with Crippen molar-refractivity contribution in [2.24, 2.45) is 0 Å². The highest BCUT2D eigenvalue weighted by atomic mass is 16.5. The number of hydrogen-bond acceptors (Lipinski definition) is 5. The van der Waals surface area contributed by atoms with Crippen LogP contribution in [0.1, 0.15) is 34.5 Å². The highest BCUT2D eigenvalue weighted by molar-refractivity contribution is 6.07. The summed E-state index contributed by atoms with van der Waals surface area (Å²) in [5.41, 5.74) is 2.40. The first-order valence-electron chi connectivity index (χ1n) is 10.5. The summed E-state index contributed by atoms with van der Waals surface area (Å²) >= 11 is 0. The van der Waals surface area contributed by atoms with E-state index in [0.29, 0.717) is 43.9 Å². The molecule has 0 atom stereocenters.